The van der Waals surface area contributed by atoms with Gasteiger partial charge in [-0.1, -0.05) is 6.42 Å². The maximum absolute atomic E-state index is 12.6. The topological polar surface area (TPSA) is 53.4 Å². The third-order valence-electron chi connectivity index (χ3n) is 5.33. The van der Waals surface area contributed by atoms with Crippen LogP contribution < -0.4 is 5.32 Å². The number of carbonyl (C=O) groups excluding carboxylic acids is 1. The van der Waals surface area contributed by atoms with Crippen molar-refractivity contribution in [2.24, 2.45) is 7.05 Å². The Morgan fingerprint density at radius 2 is 1.77 bits per heavy atom. The number of carbonyl (C=O) groups is 1. The summed E-state index contributed by atoms with van der Waals surface area (Å²) in [6, 6.07) is 0.0538. The number of rotatable bonds is 3. The highest BCUT2D eigenvalue weighted by atomic mass is 35.5. The highest BCUT2D eigenvalue weighted by Gasteiger charge is 2.28. The number of piperidine rings is 1. The second-order valence-electron chi connectivity index (χ2n) is 6.88. The van der Waals surface area contributed by atoms with Crippen molar-refractivity contribution >= 4 is 43.1 Å². The van der Waals surface area contributed by atoms with Crippen LogP contribution in [-0.2, 0) is 18.4 Å². The van der Waals surface area contributed by atoms with Crippen LogP contribution in [0.3, 0.4) is 0 Å². The number of hydrogen-bond acceptors (Lipinski definition) is 4. The van der Waals surface area contributed by atoms with E-state index in [1.54, 1.807) is 0 Å². The van der Waals surface area contributed by atoms with Crippen molar-refractivity contribution in [2.45, 2.75) is 45.7 Å². The summed E-state index contributed by atoms with van der Waals surface area (Å²) in [5, 5.41) is 7.87. The third kappa shape index (κ3) is 5.73. The number of aryl methyl sites for hydroxylation is 2. The van der Waals surface area contributed by atoms with Crippen molar-refractivity contribution in [3.8, 4) is 0 Å². The molecule has 0 aliphatic carbocycles. The van der Waals surface area contributed by atoms with Gasteiger partial charge in [-0.05, 0) is 33.2 Å². The molecule has 0 bridgehead atoms. The molecule has 3 heterocycles. The van der Waals surface area contributed by atoms with Gasteiger partial charge in [-0.15, -0.1) is 37.2 Å². The van der Waals surface area contributed by atoms with E-state index in [-0.39, 0.29) is 43.3 Å². The fourth-order valence-electron chi connectivity index (χ4n) is 3.68. The molecule has 2 aliphatic heterocycles. The van der Waals surface area contributed by atoms with Gasteiger partial charge in [0.1, 0.15) is 0 Å². The zero-order valence-corrected chi connectivity index (χ0v) is 18.3. The average molecular weight is 429 g/mol. The largest absolute Gasteiger partial charge is 0.339 e. The van der Waals surface area contributed by atoms with E-state index in [1.807, 2.05) is 16.6 Å². The van der Waals surface area contributed by atoms with Crippen molar-refractivity contribution in [2.75, 3.05) is 32.7 Å². The summed E-state index contributed by atoms with van der Waals surface area (Å²) in [4.78, 5) is 17.0. The molecule has 0 aromatic carbocycles. The van der Waals surface area contributed by atoms with E-state index in [1.165, 1.54) is 24.1 Å². The second kappa shape index (κ2) is 11.3. The van der Waals surface area contributed by atoms with Crippen LogP contribution in [0.1, 0.15) is 36.2 Å². The molecule has 1 atom stereocenters. The Hall–Kier alpha value is -0.530. The quantitative estimate of drug-likeness (QED) is 0.801. The Morgan fingerprint density at radius 1 is 1.12 bits per heavy atom. The molecule has 0 radical (unpaired) electrons. The third-order valence-corrected chi connectivity index (χ3v) is 5.33. The van der Waals surface area contributed by atoms with Gasteiger partial charge in [-0.25, -0.2) is 0 Å². The molecule has 0 unspecified atom stereocenters. The first-order chi connectivity index (χ1) is 11.1. The van der Waals surface area contributed by atoms with E-state index in [9.17, 15) is 4.79 Å². The number of aromatic nitrogens is 2. The highest BCUT2D eigenvalue weighted by Crippen LogP contribution is 2.17. The highest BCUT2D eigenvalue weighted by molar-refractivity contribution is 5.86. The number of nitrogens with one attached hydrogen (secondary N) is 1. The van der Waals surface area contributed by atoms with Crippen molar-refractivity contribution in [3.05, 3.63) is 17.0 Å². The summed E-state index contributed by atoms with van der Waals surface area (Å²) in [6.45, 7) is 9.72. The summed E-state index contributed by atoms with van der Waals surface area (Å²) < 4.78 is 1.96. The summed E-state index contributed by atoms with van der Waals surface area (Å²) in [5.41, 5.74) is 3.70. The zero-order chi connectivity index (χ0) is 16.4. The lowest BCUT2D eigenvalue weighted by Gasteiger charge is -2.37. The molecule has 6 nitrogen and oxygen atoms in total. The number of piperazine rings is 1. The normalized spacial score (nSPS) is 20.6. The first kappa shape index (κ1) is 25.5. The monoisotopic (exact) mass is 427 g/mol. The molecule has 9 heteroatoms. The minimum atomic E-state index is 0. The van der Waals surface area contributed by atoms with Crippen molar-refractivity contribution in [3.63, 3.8) is 0 Å². The average Bonchev–Trinajstić information content (AvgIpc) is 2.82. The van der Waals surface area contributed by atoms with Gasteiger partial charge < -0.3 is 10.2 Å². The van der Waals surface area contributed by atoms with Gasteiger partial charge in [0.15, 0.2) is 0 Å². The van der Waals surface area contributed by atoms with Gasteiger partial charge in [0.05, 0.1) is 11.7 Å². The lowest BCUT2D eigenvalue weighted by Crippen LogP contribution is -2.54. The minimum absolute atomic E-state index is 0. The molecule has 1 aromatic rings. The number of amides is 1. The fraction of sp³-hybridized carbons (Fsp3) is 0.765. The Morgan fingerprint density at radius 3 is 2.27 bits per heavy atom. The molecule has 1 amide bonds. The molecule has 26 heavy (non-hydrogen) atoms. The number of hydrogen-bond donors (Lipinski definition) is 1. The molecule has 1 aromatic heterocycles. The maximum Gasteiger partial charge on any atom is 0.239 e. The van der Waals surface area contributed by atoms with E-state index in [0.29, 0.717) is 5.91 Å². The van der Waals surface area contributed by atoms with Crippen molar-refractivity contribution < 1.29 is 4.79 Å². The van der Waals surface area contributed by atoms with Crippen LogP contribution in [0, 0.1) is 13.8 Å². The summed E-state index contributed by atoms with van der Waals surface area (Å²) in [7, 11) is 2.00. The first-order valence-electron chi connectivity index (χ1n) is 8.80. The van der Waals surface area contributed by atoms with Crippen molar-refractivity contribution in [1.82, 2.24) is 24.9 Å². The van der Waals surface area contributed by atoms with E-state index in [0.717, 1.165) is 51.4 Å². The Kier molecular flexibility index (Phi) is 11.1. The predicted octanol–water partition coefficient (Wildman–Crippen LogP) is 2.09. The van der Waals surface area contributed by atoms with E-state index in [2.05, 4.69) is 29.2 Å². The van der Waals surface area contributed by atoms with Gasteiger partial charge in [-0.2, -0.15) is 5.10 Å². The lowest BCUT2D eigenvalue weighted by molar-refractivity contribution is -0.135. The molecule has 2 saturated heterocycles. The molecule has 0 saturated carbocycles. The summed E-state index contributed by atoms with van der Waals surface area (Å²) >= 11 is 0. The van der Waals surface area contributed by atoms with Crippen LogP contribution in [-0.4, -0.2) is 64.3 Å². The summed E-state index contributed by atoms with van der Waals surface area (Å²) in [6.07, 6.45) is 3.36. The van der Waals surface area contributed by atoms with Crippen molar-refractivity contribution in [1.29, 1.82) is 0 Å². The molecule has 3 rings (SSSR count). The van der Waals surface area contributed by atoms with Gasteiger partial charge in [-0.3, -0.25) is 14.4 Å². The van der Waals surface area contributed by atoms with E-state index < -0.39 is 0 Å². The van der Waals surface area contributed by atoms with E-state index in [4.69, 9.17) is 0 Å². The molecular weight excluding hydrogens is 397 g/mol. The predicted molar refractivity (Wildman–Crippen MR) is 112 cm³/mol. The molecule has 2 fully saturated rings. The van der Waals surface area contributed by atoms with Crippen LogP contribution in [0.25, 0.3) is 0 Å². The smallest absolute Gasteiger partial charge is 0.239 e. The molecule has 1 N–H and O–H groups in total. The van der Waals surface area contributed by atoms with Gasteiger partial charge >= 0.3 is 0 Å². The fourth-order valence-corrected chi connectivity index (χ4v) is 3.68. The zero-order valence-electron chi connectivity index (χ0n) is 15.9. The molecule has 0 spiro atoms. The molecule has 152 valence electrons. The van der Waals surface area contributed by atoms with Crippen LogP contribution >= 0.6 is 37.2 Å². The van der Waals surface area contributed by atoms with Crippen LogP contribution in [0.4, 0.5) is 0 Å². The Bertz CT molecular complexity index is 567. The number of halogens is 3. The standard InChI is InChI=1S/C17H29N5O.3ClH/c1-13-15(14(2)20(3)19-13)12-21-8-10-22(11-9-21)17(23)16-6-4-5-7-18-16;;;/h16,18H,4-12H2,1-3H3;3*1H/t16-;;;/m1.../s1. The van der Waals surface area contributed by atoms with Gasteiger partial charge in [0.25, 0.3) is 0 Å². The van der Waals surface area contributed by atoms with Crippen LogP contribution in [0.2, 0.25) is 0 Å². The van der Waals surface area contributed by atoms with Crippen LogP contribution in [0.15, 0.2) is 0 Å². The SMILES string of the molecule is Cc1nn(C)c(C)c1CN1CCN(C(=O)[C@H]2CCCCN2)CC1.Cl.Cl.Cl. The van der Waals surface area contributed by atoms with Crippen LogP contribution in [0.5, 0.6) is 0 Å². The maximum atomic E-state index is 12.6. The minimum Gasteiger partial charge on any atom is -0.339 e. The Balaban J connectivity index is 0.00000208. The van der Waals surface area contributed by atoms with Gasteiger partial charge in [0, 0.05) is 51.0 Å². The number of nitrogens with zero attached hydrogens (tertiary/aromatic N) is 4. The molecular formula is C17H32Cl3N5O. The first-order valence-corrected chi connectivity index (χ1v) is 8.80. The molecule has 2 aliphatic rings. The lowest BCUT2D eigenvalue weighted by atomic mass is 10.0. The van der Waals surface area contributed by atoms with E-state index >= 15 is 0 Å². The second-order valence-corrected chi connectivity index (χ2v) is 6.88. The van der Waals surface area contributed by atoms with Gasteiger partial charge in [0.2, 0.25) is 5.91 Å². The Labute approximate surface area is 175 Å². The summed E-state index contributed by atoms with van der Waals surface area (Å²) in [5.74, 6) is 0.304.